The topological polar surface area (TPSA) is 60.8 Å². The summed E-state index contributed by atoms with van der Waals surface area (Å²) in [5.74, 6) is 0.798. The lowest BCUT2D eigenvalue weighted by Gasteiger charge is -2.25. The molecule has 1 aliphatic carbocycles. The van der Waals surface area contributed by atoms with Gasteiger partial charge in [0.2, 0.25) is 5.91 Å². The predicted molar refractivity (Wildman–Crippen MR) is 94.7 cm³/mol. The molecule has 1 amide bonds. The number of thiazole rings is 1. The van der Waals surface area contributed by atoms with Crippen LogP contribution in [0.4, 0.5) is 0 Å². The molecule has 1 aromatic heterocycles. The summed E-state index contributed by atoms with van der Waals surface area (Å²) in [4.78, 5) is 24.5. The quantitative estimate of drug-likeness (QED) is 0.658. The number of hydrogen-bond acceptors (Lipinski definition) is 4. The van der Waals surface area contributed by atoms with Crippen LogP contribution in [0.1, 0.15) is 36.4 Å². The number of guanidine groups is 1. The molecule has 0 aliphatic heterocycles. The van der Waals surface area contributed by atoms with Crippen LogP contribution in [-0.2, 0) is 11.3 Å². The van der Waals surface area contributed by atoms with Crippen molar-refractivity contribution in [1.29, 1.82) is 0 Å². The van der Waals surface area contributed by atoms with Gasteiger partial charge in [-0.3, -0.25) is 4.79 Å². The monoisotopic (exact) mass is 337 g/mol. The molecule has 1 aliphatic rings. The first kappa shape index (κ1) is 17.7. The van der Waals surface area contributed by atoms with Crippen LogP contribution >= 0.6 is 11.3 Å². The van der Waals surface area contributed by atoms with Crippen molar-refractivity contribution in [3.05, 3.63) is 16.1 Å². The lowest BCUT2D eigenvalue weighted by atomic mass is 10.2. The second-order valence-electron chi connectivity index (χ2n) is 6.27. The molecule has 2 rings (SSSR count). The summed E-state index contributed by atoms with van der Waals surface area (Å²) < 4.78 is 0. The molecule has 6 nitrogen and oxygen atoms in total. The highest BCUT2D eigenvalue weighted by atomic mass is 32.1. The van der Waals surface area contributed by atoms with E-state index in [0.29, 0.717) is 12.6 Å². The molecule has 1 N–H and O–H groups in total. The second kappa shape index (κ2) is 8.29. The van der Waals surface area contributed by atoms with E-state index in [1.165, 1.54) is 25.7 Å². The summed E-state index contributed by atoms with van der Waals surface area (Å²) >= 11 is 1.65. The van der Waals surface area contributed by atoms with Crippen LogP contribution in [0.2, 0.25) is 0 Å². The van der Waals surface area contributed by atoms with E-state index in [4.69, 9.17) is 0 Å². The van der Waals surface area contributed by atoms with Gasteiger partial charge in [0.05, 0.1) is 17.2 Å². The minimum absolute atomic E-state index is 0.00799. The molecule has 0 radical (unpaired) electrons. The lowest BCUT2D eigenvalue weighted by molar-refractivity contribution is -0.127. The van der Waals surface area contributed by atoms with Crippen molar-refractivity contribution < 1.29 is 4.79 Å². The van der Waals surface area contributed by atoms with Crippen LogP contribution in [0.25, 0.3) is 0 Å². The van der Waals surface area contributed by atoms with E-state index in [2.05, 4.69) is 25.6 Å². The van der Waals surface area contributed by atoms with Crippen LogP contribution < -0.4 is 5.32 Å². The molecule has 1 fully saturated rings. The van der Waals surface area contributed by atoms with Crippen molar-refractivity contribution in [2.24, 2.45) is 4.99 Å². The molecule has 7 heteroatoms. The zero-order chi connectivity index (χ0) is 16.8. The number of likely N-dealkylation sites (N-methyl/N-ethyl adjacent to an activating group) is 1. The van der Waals surface area contributed by atoms with Crippen LogP contribution in [0.5, 0.6) is 0 Å². The van der Waals surface area contributed by atoms with Gasteiger partial charge in [-0.1, -0.05) is 12.8 Å². The third-order valence-electron chi connectivity index (χ3n) is 3.98. The smallest absolute Gasteiger partial charge is 0.243 e. The second-order valence-corrected chi connectivity index (χ2v) is 7.33. The van der Waals surface area contributed by atoms with E-state index in [1.807, 2.05) is 14.0 Å². The fraction of sp³-hybridized carbons (Fsp3) is 0.688. The molecule has 128 valence electrons. The van der Waals surface area contributed by atoms with Crippen molar-refractivity contribution in [2.45, 2.75) is 45.2 Å². The highest BCUT2D eigenvalue weighted by Gasteiger charge is 2.19. The van der Waals surface area contributed by atoms with E-state index in [-0.39, 0.29) is 12.5 Å². The largest absolute Gasteiger partial charge is 0.353 e. The third kappa shape index (κ3) is 5.49. The van der Waals surface area contributed by atoms with Gasteiger partial charge in [0.1, 0.15) is 6.54 Å². The highest BCUT2D eigenvalue weighted by Crippen LogP contribution is 2.18. The number of carbonyl (C=O) groups is 1. The Morgan fingerprint density at radius 3 is 2.65 bits per heavy atom. The van der Waals surface area contributed by atoms with Crippen LogP contribution in [0.3, 0.4) is 0 Å². The summed E-state index contributed by atoms with van der Waals surface area (Å²) in [6, 6.07) is 0.461. The number of nitrogens with zero attached hydrogens (tertiary/aromatic N) is 4. The summed E-state index contributed by atoms with van der Waals surface area (Å²) in [6.07, 6.45) is 4.86. The summed E-state index contributed by atoms with van der Waals surface area (Å²) in [7, 11) is 5.50. The molecule has 0 aromatic carbocycles. The minimum atomic E-state index is 0.00799. The number of carbonyl (C=O) groups excluding carboxylic acids is 1. The van der Waals surface area contributed by atoms with Gasteiger partial charge in [0.15, 0.2) is 5.96 Å². The first-order valence-corrected chi connectivity index (χ1v) is 8.97. The number of hydrogen-bond donors (Lipinski definition) is 1. The molecular formula is C16H27N5OS. The average molecular weight is 337 g/mol. The van der Waals surface area contributed by atoms with Crippen molar-refractivity contribution in [1.82, 2.24) is 20.1 Å². The Labute approximate surface area is 142 Å². The third-order valence-corrected chi connectivity index (χ3v) is 4.80. The van der Waals surface area contributed by atoms with Gasteiger partial charge in [0, 0.05) is 32.6 Å². The summed E-state index contributed by atoms with van der Waals surface area (Å²) in [6.45, 7) is 2.87. The SMILES string of the molecule is Cc1nc(CN(C)C(=NCC(=O)N(C)C)NC2CCCC2)cs1. The van der Waals surface area contributed by atoms with Crippen molar-refractivity contribution in [3.8, 4) is 0 Å². The molecule has 0 unspecified atom stereocenters. The Bertz CT molecular complexity index is 548. The van der Waals surface area contributed by atoms with Crippen LogP contribution in [-0.4, -0.2) is 60.4 Å². The number of aliphatic imine (C=N–C) groups is 1. The Hall–Kier alpha value is -1.63. The molecular weight excluding hydrogens is 310 g/mol. The molecule has 1 aromatic rings. The van der Waals surface area contributed by atoms with E-state index in [9.17, 15) is 4.79 Å². The minimum Gasteiger partial charge on any atom is -0.353 e. The highest BCUT2D eigenvalue weighted by molar-refractivity contribution is 7.09. The van der Waals surface area contributed by atoms with Gasteiger partial charge in [-0.2, -0.15) is 0 Å². The number of nitrogens with one attached hydrogen (secondary N) is 1. The van der Waals surface area contributed by atoms with Gasteiger partial charge in [0.25, 0.3) is 0 Å². The van der Waals surface area contributed by atoms with E-state index < -0.39 is 0 Å². The molecule has 23 heavy (non-hydrogen) atoms. The van der Waals surface area contributed by atoms with Crippen molar-refractivity contribution in [3.63, 3.8) is 0 Å². The first-order chi connectivity index (χ1) is 11.0. The predicted octanol–water partition coefficient (Wildman–Crippen LogP) is 1.86. The normalized spacial score (nSPS) is 15.7. The molecule has 0 bridgehead atoms. The van der Waals surface area contributed by atoms with Crippen LogP contribution in [0, 0.1) is 6.92 Å². The van der Waals surface area contributed by atoms with E-state index >= 15 is 0 Å². The van der Waals surface area contributed by atoms with Crippen molar-refractivity contribution >= 4 is 23.2 Å². The number of rotatable bonds is 5. The van der Waals surface area contributed by atoms with Gasteiger partial charge in [-0.25, -0.2) is 9.98 Å². The molecule has 0 atom stereocenters. The molecule has 1 saturated carbocycles. The first-order valence-electron chi connectivity index (χ1n) is 8.09. The number of amides is 1. The molecule has 1 heterocycles. The molecule has 0 saturated heterocycles. The Morgan fingerprint density at radius 1 is 1.39 bits per heavy atom. The van der Waals surface area contributed by atoms with Gasteiger partial charge in [-0.05, 0) is 19.8 Å². The van der Waals surface area contributed by atoms with Gasteiger partial charge in [-0.15, -0.1) is 11.3 Å². The maximum absolute atomic E-state index is 11.8. The molecule has 0 spiro atoms. The Kier molecular flexibility index (Phi) is 6.38. The Morgan fingerprint density at radius 2 is 2.09 bits per heavy atom. The Balaban J connectivity index is 2.04. The zero-order valence-corrected chi connectivity index (χ0v) is 15.3. The fourth-order valence-electron chi connectivity index (χ4n) is 2.61. The van der Waals surface area contributed by atoms with Crippen molar-refractivity contribution in [2.75, 3.05) is 27.7 Å². The summed E-state index contributed by atoms with van der Waals surface area (Å²) in [5, 5.41) is 6.66. The van der Waals surface area contributed by atoms with Crippen LogP contribution in [0.15, 0.2) is 10.4 Å². The fourth-order valence-corrected chi connectivity index (χ4v) is 3.22. The van der Waals surface area contributed by atoms with Gasteiger partial charge >= 0.3 is 0 Å². The maximum Gasteiger partial charge on any atom is 0.243 e. The zero-order valence-electron chi connectivity index (χ0n) is 14.5. The maximum atomic E-state index is 11.8. The number of aromatic nitrogens is 1. The van der Waals surface area contributed by atoms with Gasteiger partial charge < -0.3 is 15.1 Å². The van der Waals surface area contributed by atoms with E-state index in [0.717, 1.165) is 16.7 Å². The summed E-state index contributed by atoms with van der Waals surface area (Å²) in [5.41, 5.74) is 1.04. The van der Waals surface area contributed by atoms with E-state index in [1.54, 1.807) is 30.3 Å². The standard InChI is InChI=1S/C16H27N5OS/c1-12-18-14(11-23-12)10-21(4)16(17-9-15(22)20(2)3)19-13-7-5-6-8-13/h11,13H,5-10H2,1-4H3,(H,17,19). The average Bonchev–Trinajstić information content (AvgIpc) is 3.14. The lowest BCUT2D eigenvalue weighted by Crippen LogP contribution is -2.43. The number of aryl methyl sites for hydroxylation is 1.